The third kappa shape index (κ3) is 5.09. The minimum atomic E-state index is -0.492. The SMILES string of the molecule is CCC(c1ccc(F)cc1)C(NC(=O)c1ccnn1CC)c1cn2ncc(CC3CCNC3=O)cc2n1. The third-order valence-corrected chi connectivity index (χ3v) is 7.03. The highest BCUT2D eigenvalue weighted by atomic mass is 19.1. The number of carbonyl (C=O) groups excluding carboxylic acids is 2. The molecule has 9 nitrogen and oxygen atoms in total. The summed E-state index contributed by atoms with van der Waals surface area (Å²) in [6.07, 6.45) is 7.27. The van der Waals surface area contributed by atoms with E-state index in [2.05, 4.69) is 20.8 Å². The molecule has 3 unspecified atom stereocenters. The van der Waals surface area contributed by atoms with Gasteiger partial charge in [-0.2, -0.15) is 10.2 Å². The maximum Gasteiger partial charge on any atom is 0.270 e. The summed E-state index contributed by atoms with van der Waals surface area (Å²) in [5.74, 6) is -0.719. The Morgan fingerprint density at radius 3 is 2.73 bits per heavy atom. The summed E-state index contributed by atoms with van der Waals surface area (Å²) in [5, 5.41) is 14.8. The van der Waals surface area contributed by atoms with Crippen molar-refractivity contribution in [3.8, 4) is 0 Å². The van der Waals surface area contributed by atoms with Gasteiger partial charge in [0.2, 0.25) is 5.91 Å². The number of hydrogen-bond donors (Lipinski definition) is 2. The van der Waals surface area contributed by atoms with Crippen molar-refractivity contribution in [3.05, 3.63) is 83.3 Å². The molecule has 3 aromatic heterocycles. The van der Waals surface area contributed by atoms with Crippen LogP contribution in [0.4, 0.5) is 4.39 Å². The number of benzene rings is 1. The monoisotopic (exact) mass is 503 g/mol. The molecule has 5 rings (SSSR count). The summed E-state index contributed by atoms with van der Waals surface area (Å²) < 4.78 is 17.0. The second-order valence-corrected chi connectivity index (χ2v) is 9.36. The first-order chi connectivity index (χ1) is 18.0. The van der Waals surface area contributed by atoms with Crippen molar-refractivity contribution in [2.24, 2.45) is 5.92 Å². The average molecular weight is 504 g/mol. The lowest BCUT2D eigenvalue weighted by Crippen LogP contribution is -2.34. The minimum absolute atomic E-state index is 0.0583. The Bertz CT molecular complexity index is 1410. The van der Waals surface area contributed by atoms with Crippen LogP contribution in [0.5, 0.6) is 0 Å². The fraction of sp³-hybridized carbons (Fsp3) is 0.370. The van der Waals surface area contributed by atoms with Crippen LogP contribution in [0.1, 0.15) is 66.0 Å². The number of aromatic nitrogens is 5. The summed E-state index contributed by atoms with van der Waals surface area (Å²) in [5.41, 5.74) is 3.58. The van der Waals surface area contributed by atoms with Crippen molar-refractivity contribution in [2.75, 3.05) is 6.54 Å². The molecule has 4 aromatic rings. The fourth-order valence-electron chi connectivity index (χ4n) is 5.07. The molecule has 4 heterocycles. The number of rotatable bonds is 9. The zero-order valence-electron chi connectivity index (χ0n) is 20.9. The van der Waals surface area contributed by atoms with Crippen molar-refractivity contribution in [2.45, 2.75) is 51.6 Å². The molecule has 0 bridgehead atoms. The van der Waals surface area contributed by atoms with Gasteiger partial charge in [-0.1, -0.05) is 19.1 Å². The third-order valence-electron chi connectivity index (χ3n) is 7.03. The van der Waals surface area contributed by atoms with Gasteiger partial charge < -0.3 is 10.6 Å². The number of carbonyl (C=O) groups is 2. The van der Waals surface area contributed by atoms with Crippen molar-refractivity contribution in [1.82, 2.24) is 35.0 Å². The van der Waals surface area contributed by atoms with E-state index in [9.17, 15) is 14.0 Å². The second kappa shape index (κ2) is 10.5. The van der Waals surface area contributed by atoms with Crippen LogP contribution >= 0.6 is 0 Å². The summed E-state index contributed by atoms with van der Waals surface area (Å²) in [6, 6.07) is 9.49. The van der Waals surface area contributed by atoms with Crippen LogP contribution in [0.2, 0.25) is 0 Å². The highest BCUT2D eigenvalue weighted by Crippen LogP contribution is 2.34. The number of nitrogens with one attached hydrogen (secondary N) is 2. The van der Waals surface area contributed by atoms with Gasteiger partial charge >= 0.3 is 0 Å². The predicted octanol–water partition coefficient (Wildman–Crippen LogP) is 3.43. The number of amides is 2. The number of fused-ring (bicyclic) bond motifs is 1. The highest BCUT2D eigenvalue weighted by molar-refractivity contribution is 5.92. The van der Waals surface area contributed by atoms with Crippen molar-refractivity contribution < 1.29 is 14.0 Å². The van der Waals surface area contributed by atoms with Crippen LogP contribution in [0.15, 0.2) is 55.0 Å². The van der Waals surface area contributed by atoms with Crippen LogP contribution < -0.4 is 10.6 Å². The van der Waals surface area contributed by atoms with Gasteiger partial charge in [-0.05, 0) is 61.6 Å². The first kappa shape index (κ1) is 24.6. The lowest BCUT2D eigenvalue weighted by molar-refractivity contribution is -0.122. The second-order valence-electron chi connectivity index (χ2n) is 9.36. The molecule has 1 aliphatic heterocycles. The Balaban J connectivity index is 1.50. The quantitative estimate of drug-likeness (QED) is 0.364. The molecule has 1 fully saturated rings. The maximum atomic E-state index is 13.7. The molecule has 37 heavy (non-hydrogen) atoms. The van der Waals surface area contributed by atoms with Gasteiger partial charge in [0.15, 0.2) is 5.65 Å². The van der Waals surface area contributed by atoms with E-state index >= 15 is 0 Å². The highest BCUT2D eigenvalue weighted by Gasteiger charge is 2.29. The van der Waals surface area contributed by atoms with E-state index < -0.39 is 6.04 Å². The molecule has 2 amide bonds. The largest absolute Gasteiger partial charge is 0.356 e. The normalized spacial score (nSPS) is 17.1. The summed E-state index contributed by atoms with van der Waals surface area (Å²) in [6.45, 7) is 5.22. The molecule has 10 heteroatoms. The summed E-state index contributed by atoms with van der Waals surface area (Å²) in [4.78, 5) is 30.2. The molecule has 1 aliphatic rings. The van der Waals surface area contributed by atoms with Gasteiger partial charge in [0.25, 0.3) is 5.91 Å². The van der Waals surface area contributed by atoms with Gasteiger partial charge in [0, 0.05) is 31.1 Å². The smallest absolute Gasteiger partial charge is 0.270 e. The first-order valence-corrected chi connectivity index (χ1v) is 12.7. The first-order valence-electron chi connectivity index (χ1n) is 12.7. The van der Waals surface area contributed by atoms with Gasteiger partial charge in [-0.15, -0.1) is 0 Å². The lowest BCUT2D eigenvalue weighted by atomic mass is 9.87. The van der Waals surface area contributed by atoms with E-state index in [-0.39, 0.29) is 29.5 Å². The molecule has 0 spiro atoms. The minimum Gasteiger partial charge on any atom is -0.356 e. The molecule has 2 N–H and O–H groups in total. The predicted molar refractivity (Wildman–Crippen MR) is 135 cm³/mol. The summed E-state index contributed by atoms with van der Waals surface area (Å²) >= 11 is 0. The van der Waals surface area contributed by atoms with E-state index in [1.807, 2.05) is 26.1 Å². The number of halogens is 1. The Kier molecular flexibility index (Phi) is 6.98. The zero-order valence-corrected chi connectivity index (χ0v) is 20.9. The molecule has 0 radical (unpaired) electrons. The van der Waals surface area contributed by atoms with Crippen molar-refractivity contribution >= 4 is 17.5 Å². The van der Waals surface area contributed by atoms with Gasteiger partial charge in [-0.25, -0.2) is 13.9 Å². The molecule has 0 saturated carbocycles. The topological polar surface area (TPSA) is 106 Å². The number of hydrogen-bond acceptors (Lipinski definition) is 5. The molecule has 0 aliphatic carbocycles. The van der Waals surface area contributed by atoms with Crippen molar-refractivity contribution in [1.29, 1.82) is 0 Å². The van der Waals surface area contributed by atoms with E-state index in [1.54, 1.807) is 39.8 Å². The van der Waals surface area contributed by atoms with Gasteiger partial charge in [0.05, 0.1) is 24.1 Å². The zero-order chi connectivity index (χ0) is 25.9. The van der Waals surface area contributed by atoms with Crippen LogP contribution in [0.3, 0.4) is 0 Å². The maximum absolute atomic E-state index is 13.7. The van der Waals surface area contributed by atoms with Gasteiger partial charge in [-0.3, -0.25) is 14.3 Å². The lowest BCUT2D eigenvalue weighted by Gasteiger charge is -2.26. The Morgan fingerprint density at radius 2 is 2.03 bits per heavy atom. The van der Waals surface area contributed by atoms with Crippen LogP contribution in [0, 0.1) is 11.7 Å². The molecular weight excluding hydrogens is 473 g/mol. The molecule has 192 valence electrons. The van der Waals surface area contributed by atoms with Crippen LogP contribution in [-0.4, -0.2) is 42.7 Å². The van der Waals surface area contributed by atoms with Crippen LogP contribution in [0.25, 0.3) is 5.65 Å². The van der Waals surface area contributed by atoms with E-state index in [4.69, 9.17) is 4.98 Å². The Morgan fingerprint density at radius 1 is 1.22 bits per heavy atom. The molecule has 1 aromatic carbocycles. The van der Waals surface area contributed by atoms with E-state index in [1.165, 1.54) is 12.1 Å². The fourth-order valence-corrected chi connectivity index (χ4v) is 5.07. The molecular formula is C27H30FN7O2. The van der Waals surface area contributed by atoms with Gasteiger partial charge in [0.1, 0.15) is 11.5 Å². The van der Waals surface area contributed by atoms with E-state index in [0.29, 0.717) is 43.0 Å². The number of nitrogens with zero attached hydrogens (tertiary/aromatic N) is 5. The average Bonchev–Trinajstić information content (AvgIpc) is 3.64. The number of imidazole rings is 1. The Labute approximate surface area is 214 Å². The van der Waals surface area contributed by atoms with Crippen LogP contribution in [-0.2, 0) is 17.8 Å². The molecule has 3 atom stereocenters. The standard InChI is InChI=1S/C27H30FN7O2/c1-3-21(18-5-7-20(28)8-6-18)25(33-27(37)23-10-12-30-34(23)4-2)22-16-35-24(32-22)14-17(15-31-35)13-19-9-11-29-26(19)36/h5-8,10,12,14-16,19,21,25H,3-4,9,11,13H2,1-2H3,(H,29,36)(H,33,37). The Hall–Kier alpha value is -4.08. The van der Waals surface area contributed by atoms with E-state index in [0.717, 1.165) is 17.5 Å². The molecule has 1 saturated heterocycles. The summed E-state index contributed by atoms with van der Waals surface area (Å²) in [7, 11) is 0. The number of aryl methyl sites for hydroxylation is 1. The van der Waals surface area contributed by atoms with Crippen molar-refractivity contribution in [3.63, 3.8) is 0 Å².